The van der Waals surface area contributed by atoms with Gasteiger partial charge in [0.2, 0.25) is 0 Å². The summed E-state index contributed by atoms with van der Waals surface area (Å²) in [5.41, 5.74) is 0. The zero-order valence-electron chi connectivity index (χ0n) is 11.3. The van der Waals surface area contributed by atoms with Crippen LogP contribution in [0, 0.1) is 0 Å². The van der Waals surface area contributed by atoms with Crippen LogP contribution in [-0.4, -0.2) is 36.3 Å². The van der Waals surface area contributed by atoms with Gasteiger partial charge in [0.05, 0.1) is 7.11 Å². The summed E-state index contributed by atoms with van der Waals surface area (Å²) < 4.78 is 30.8. The maximum Gasteiger partial charge on any atom is 0.323 e. The van der Waals surface area contributed by atoms with E-state index in [2.05, 4.69) is 13.8 Å². The van der Waals surface area contributed by atoms with Gasteiger partial charge in [0.15, 0.2) is 15.1 Å². The van der Waals surface area contributed by atoms with Crippen molar-refractivity contribution in [3.05, 3.63) is 24.5 Å². The normalized spacial score (nSPS) is 14.6. The standard InChI is InChI=1S/C11H16N2O4S3/c1-8(11(14)17-3)20(15,16)9(2)18-13-19-10-4-6-12-7-5-10/h4-9,13H,1-3H3. The second kappa shape index (κ2) is 7.87. The Hall–Kier alpha value is -0.770. The molecule has 9 heteroatoms. The number of esters is 1. The molecule has 0 aromatic carbocycles. The summed E-state index contributed by atoms with van der Waals surface area (Å²) in [5, 5.41) is -1.18. The number of sulfone groups is 1. The molecule has 0 saturated heterocycles. The lowest BCUT2D eigenvalue weighted by Crippen LogP contribution is -2.34. The fraction of sp³-hybridized carbons (Fsp3) is 0.455. The number of ether oxygens (including phenoxy) is 1. The average molecular weight is 336 g/mol. The molecule has 1 rings (SSSR count). The highest BCUT2D eigenvalue weighted by Crippen LogP contribution is 2.23. The van der Waals surface area contributed by atoms with Crippen LogP contribution in [0.4, 0.5) is 0 Å². The largest absolute Gasteiger partial charge is 0.468 e. The maximum atomic E-state index is 12.1. The van der Waals surface area contributed by atoms with Crippen LogP contribution in [0.25, 0.3) is 0 Å². The van der Waals surface area contributed by atoms with Crippen LogP contribution >= 0.6 is 23.9 Å². The van der Waals surface area contributed by atoms with Gasteiger partial charge in [-0.1, -0.05) is 11.9 Å². The fourth-order valence-electron chi connectivity index (χ4n) is 1.20. The van der Waals surface area contributed by atoms with Gasteiger partial charge in [0, 0.05) is 17.3 Å². The quantitative estimate of drug-likeness (QED) is 0.594. The van der Waals surface area contributed by atoms with Crippen molar-refractivity contribution in [1.82, 2.24) is 9.11 Å². The number of carbonyl (C=O) groups excluding carboxylic acids is 1. The smallest absolute Gasteiger partial charge is 0.323 e. The molecule has 20 heavy (non-hydrogen) atoms. The molecule has 6 nitrogen and oxygen atoms in total. The summed E-state index contributed by atoms with van der Waals surface area (Å²) in [5.74, 6) is -0.751. The Balaban J connectivity index is 2.53. The van der Waals surface area contributed by atoms with Gasteiger partial charge in [-0.05, 0) is 37.9 Å². The van der Waals surface area contributed by atoms with E-state index in [9.17, 15) is 13.2 Å². The minimum Gasteiger partial charge on any atom is -0.468 e. The van der Waals surface area contributed by atoms with Crippen molar-refractivity contribution in [3.8, 4) is 0 Å². The summed E-state index contributed by atoms with van der Waals surface area (Å²) >= 11 is 2.31. The topological polar surface area (TPSA) is 85.4 Å². The van der Waals surface area contributed by atoms with E-state index in [4.69, 9.17) is 0 Å². The number of hydrogen-bond donors (Lipinski definition) is 1. The minimum atomic E-state index is -3.60. The van der Waals surface area contributed by atoms with Gasteiger partial charge in [-0.3, -0.25) is 9.78 Å². The van der Waals surface area contributed by atoms with E-state index in [1.54, 1.807) is 24.5 Å². The molecule has 0 spiro atoms. The number of nitrogens with zero attached hydrogens (tertiary/aromatic N) is 1. The van der Waals surface area contributed by atoms with E-state index in [-0.39, 0.29) is 0 Å². The van der Waals surface area contributed by atoms with E-state index in [1.165, 1.54) is 32.9 Å². The Bertz CT molecular complexity index is 536. The molecule has 1 aromatic rings. The molecule has 2 unspecified atom stereocenters. The van der Waals surface area contributed by atoms with Crippen molar-refractivity contribution >= 4 is 39.7 Å². The SMILES string of the molecule is COC(=O)C(C)S(=O)(=O)C(C)SNSc1ccncc1. The molecule has 1 heterocycles. The molecule has 0 bridgehead atoms. The van der Waals surface area contributed by atoms with Crippen LogP contribution in [0.3, 0.4) is 0 Å². The van der Waals surface area contributed by atoms with Gasteiger partial charge in [0.1, 0.15) is 4.58 Å². The van der Waals surface area contributed by atoms with Gasteiger partial charge >= 0.3 is 5.97 Å². The Morgan fingerprint density at radius 2 is 1.95 bits per heavy atom. The van der Waals surface area contributed by atoms with Gasteiger partial charge in [-0.2, -0.15) is 0 Å². The first kappa shape index (κ1) is 17.3. The first-order valence-electron chi connectivity index (χ1n) is 5.67. The van der Waals surface area contributed by atoms with Gasteiger partial charge in [0.25, 0.3) is 0 Å². The predicted molar refractivity (Wildman–Crippen MR) is 80.7 cm³/mol. The van der Waals surface area contributed by atoms with Crippen molar-refractivity contribution in [2.45, 2.75) is 28.6 Å². The molecule has 0 amide bonds. The highest BCUT2D eigenvalue weighted by Gasteiger charge is 2.34. The Morgan fingerprint density at radius 3 is 2.50 bits per heavy atom. The molecule has 0 aliphatic carbocycles. The van der Waals surface area contributed by atoms with Crippen molar-refractivity contribution in [3.63, 3.8) is 0 Å². The molecule has 2 atom stereocenters. The lowest BCUT2D eigenvalue weighted by molar-refractivity contribution is -0.139. The molecule has 0 aliphatic rings. The van der Waals surface area contributed by atoms with Crippen molar-refractivity contribution in [1.29, 1.82) is 0 Å². The number of hydrogen-bond acceptors (Lipinski definition) is 8. The Labute approximate surface area is 127 Å². The lowest BCUT2D eigenvalue weighted by Gasteiger charge is -2.16. The zero-order valence-corrected chi connectivity index (χ0v) is 13.7. The molecular formula is C11H16N2O4S3. The zero-order chi connectivity index (χ0) is 15.2. The first-order valence-corrected chi connectivity index (χ1v) is 8.98. The van der Waals surface area contributed by atoms with Crippen LogP contribution < -0.4 is 4.13 Å². The molecule has 0 fully saturated rings. The van der Waals surface area contributed by atoms with E-state index in [1.807, 2.05) is 0 Å². The minimum absolute atomic E-state index is 0.751. The maximum absolute atomic E-state index is 12.1. The van der Waals surface area contributed by atoms with E-state index in [0.717, 1.165) is 16.8 Å². The van der Waals surface area contributed by atoms with Crippen molar-refractivity contribution in [2.24, 2.45) is 0 Å². The Morgan fingerprint density at radius 1 is 1.35 bits per heavy atom. The van der Waals surface area contributed by atoms with Crippen LogP contribution in [0.1, 0.15) is 13.8 Å². The average Bonchev–Trinajstić information content (AvgIpc) is 2.46. The molecule has 112 valence electrons. The lowest BCUT2D eigenvalue weighted by atomic mass is 10.5. The Kier molecular flexibility index (Phi) is 6.80. The van der Waals surface area contributed by atoms with E-state index >= 15 is 0 Å². The number of pyridine rings is 1. The van der Waals surface area contributed by atoms with Crippen LogP contribution in [0.15, 0.2) is 29.4 Å². The van der Waals surface area contributed by atoms with Gasteiger partial charge in [-0.15, -0.1) is 0 Å². The number of aromatic nitrogens is 1. The third-order valence-corrected chi connectivity index (χ3v) is 7.27. The fourth-order valence-corrected chi connectivity index (χ4v) is 4.91. The molecule has 0 radical (unpaired) electrons. The van der Waals surface area contributed by atoms with E-state index < -0.39 is 25.6 Å². The number of carbonyl (C=O) groups is 1. The van der Waals surface area contributed by atoms with Gasteiger partial charge < -0.3 is 4.74 Å². The number of methoxy groups -OCH3 is 1. The summed E-state index contributed by atoms with van der Waals surface area (Å²) in [4.78, 5) is 16.1. The number of nitrogens with one attached hydrogen (secondary N) is 1. The first-order chi connectivity index (χ1) is 9.39. The molecule has 1 aromatic heterocycles. The number of rotatable bonds is 7. The highest BCUT2D eigenvalue weighted by atomic mass is 32.3. The molecule has 1 N–H and O–H groups in total. The highest BCUT2D eigenvalue weighted by molar-refractivity contribution is 8.19. The van der Waals surface area contributed by atoms with Crippen LogP contribution in [0.2, 0.25) is 0 Å². The molecule has 0 saturated carbocycles. The van der Waals surface area contributed by atoms with Crippen LogP contribution in [0.5, 0.6) is 0 Å². The predicted octanol–water partition coefficient (Wildman–Crippen LogP) is 1.65. The third kappa shape index (κ3) is 4.65. The second-order valence-corrected chi connectivity index (χ2v) is 8.98. The summed E-state index contributed by atoms with van der Waals surface area (Å²) in [6, 6.07) is 3.60. The monoisotopic (exact) mass is 336 g/mol. The van der Waals surface area contributed by atoms with Gasteiger partial charge in [-0.25, -0.2) is 12.5 Å². The van der Waals surface area contributed by atoms with Crippen molar-refractivity contribution < 1.29 is 17.9 Å². The molecule has 0 aliphatic heterocycles. The molecular weight excluding hydrogens is 320 g/mol. The summed E-state index contributed by atoms with van der Waals surface area (Å²) in [6.45, 7) is 2.85. The van der Waals surface area contributed by atoms with Crippen molar-refractivity contribution in [2.75, 3.05) is 7.11 Å². The van der Waals surface area contributed by atoms with Crippen LogP contribution in [-0.2, 0) is 19.4 Å². The third-order valence-electron chi connectivity index (χ3n) is 2.51. The second-order valence-electron chi connectivity index (χ2n) is 3.81. The van der Waals surface area contributed by atoms with E-state index in [0.29, 0.717) is 0 Å². The summed E-state index contributed by atoms with van der Waals surface area (Å²) in [6.07, 6.45) is 3.29. The summed E-state index contributed by atoms with van der Waals surface area (Å²) in [7, 11) is -2.43.